The summed E-state index contributed by atoms with van der Waals surface area (Å²) in [5, 5.41) is 2.57. The lowest BCUT2D eigenvalue weighted by atomic mass is 9.65. The van der Waals surface area contributed by atoms with Gasteiger partial charge in [-0.2, -0.15) is 0 Å². The molecule has 1 aromatic heterocycles. The molecule has 1 spiro atoms. The Labute approximate surface area is 402 Å². The van der Waals surface area contributed by atoms with Crippen molar-refractivity contribution in [3.8, 4) is 61.3 Å². The third-order valence-electron chi connectivity index (χ3n) is 14.8. The van der Waals surface area contributed by atoms with Crippen molar-refractivity contribution >= 4 is 38.9 Å². The first kappa shape index (κ1) is 39.2. The van der Waals surface area contributed by atoms with Gasteiger partial charge in [0.1, 0.15) is 0 Å². The lowest BCUT2D eigenvalue weighted by Crippen LogP contribution is -2.33. The second-order valence-electron chi connectivity index (χ2n) is 18.3. The highest BCUT2D eigenvalue weighted by Crippen LogP contribution is 2.61. The van der Waals surface area contributed by atoms with E-state index >= 15 is 0 Å². The van der Waals surface area contributed by atoms with Gasteiger partial charge in [-0.15, -0.1) is 0 Å². The Morgan fingerprint density at radius 1 is 0.290 bits per heavy atom. The van der Waals surface area contributed by atoms with Crippen LogP contribution in [0.25, 0.3) is 83.1 Å². The smallest absolute Gasteiger partial charge is 0.0754 e. The van der Waals surface area contributed by atoms with Gasteiger partial charge in [0.25, 0.3) is 0 Å². The van der Waals surface area contributed by atoms with E-state index in [1.165, 1.54) is 88.7 Å². The SMILES string of the molecule is c1ccc(-c2ccccc2-c2ccccc2N(c2cccc(-c3ccc4c(c3)C3(c5ccccc5-4)c4ccccc4-n4c5ccccc5c5cccc3c54)c2)c2ccccc2-c2ccccc2)cc1. The highest BCUT2D eigenvalue weighted by atomic mass is 15.1. The lowest BCUT2D eigenvalue weighted by molar-refractivity contribution is 0.749. The number of fused-ring (bicyclic) bond motifs is 12. The minimum absolute atomic E-state index is 0.536. The fourth-order valence-electron chi connectivity index (χ4n) is 12.0. The Kier molecular flexibility index (Phi) is 8.84. The van der Waals surface area contributed by atoms with E-state index in [-0.39, 0.29) is 0 Å². The molecule has 2 heteroatoms. The van der Waals surface area contributed by atoms with Gasteiger partial charge in [-0.3, -0.25) is 0 Å². The summed E-state index contributed by atoms with van der Waals surface area (Å²) in [4.78, 5) is 2.48. The molecular weight excluding hydrogens is 833 g/mol. The average molecular weight is 877 g/mol. The quantitative estimate of drug-likeness (QED) is 0.155. The largest absolute Gasteiger partial charge is 0.309 e. The molecule has 2 nitrogen and oxygen atoms in total. The van der Waals surface area contributed by atoms with Crippen LogP contribution < -0.4 is 4.90 Å². The first-order valence-corrected chi connectivity index (χ1v) is 23.9. The van der Waals surface area contributed by atoms with E-state index in [4.69, 9.17) is 0 Å². The van der Waals surface area contributed by atoms with Crippen molar-refractivity contribution in [3.63, 3.8) is 0 Å². The van der Waals surface area contributed by atoms with E-state index in [0.717, 1.165) is 33.8 Å². The summed E-state index contributed by atoms with van der Waals surface area (Å²) in [6, 6.07) is 98.6. The van der Waals surface area contributed by atoms with Crippen molar-refractivity contribution in [2.45, 2.75) is 5.41 Å². The van der Waals surface area contributed by atoms with E-state index in [1.807, 2.05) is 0 Å². The minimum Gasteiger partial charge on any atom is -0.309 e. The molecule has 1 aliphatic heterocycles. The maximum atomic E-state index is 2.52. The van der Waals surface area contributed by atoms with Crippen LogP contribution in [0.5, 0.6) is 0 Å². The summed E-state index contributed by atoms with van der Waals surface area (Å²) in [5.41, 5.74) is 23.8. The first-order chi connectivity index (χ1) is 34.3. The molecule has 69 heavy (non-hydrogen) atoms. The maximum Gasteiger partial charge on any atom is 0.0754 e. The zero-order valence-electron chi connectivity index (χ0n) is 37.8. The molecule has 1 aliphatic carbocycles. The number of aromatic nitrogens is 1. The Bertz CT molecular complexity index is 3970. The number of para-hydroxylation sites is 5. The molecule has 12 aromatic rings. The molecule has 14 rings (SSSR count). The fourth-order valence-corrected chi connectivity index (χ4v) is 12.0. The third kappa shape index (κ3) is 5.79. The van der Waals surface area contributed by atoms with Gasteiger partial charge in [-0.25, -0.2) is 0 Å². The predicted molar refractivity (Wildman–Crippen MR) is 288 cm³/mol. The summed E-state index contributed by atoms with van der Waals surface area (Å²) in [6.07, 6.45) is 0. The van der Waals surface area contributed by atoms with Crippen LogP contribution in [0.3, 0.4) is 0 Å². The normalized spacial score (nSPS) is 14.1. The summed E-state index contributed by atoms with van der Waals surface area (Å²) in [5.74, 6) is 0. The molecule has 0 bridgehead atoms. The Morgan fingerprint density at radius 2 is 0.812 bits per heavy atom. The third-order valence-corrected chi connectivity index (χ3v) is 14.8. The van der Waals surface area contributed by atoms with Gasteiger partial charge in [0.05, 0.1) is 33.5 Å². The molecule has 322 valence electrons. The predicted octanol–water partition coefficient (Wildman–Crippen LogP) is 17.6. The van der Waals surface area contributed by atoms with Crippen LogP contribution in [0.1, 0.15) is 22.3 Å². The van der Waals surface area contributed by atoms with Crippen molar-refractivity contribution in [2.24, 2.45) is 0 Å². The van der Waals surface area contributed by atoms with Crippen molar-refractivity contribution in [1.29, 1.82) is 0 Å². The fraction of sp³-hybridized carbons (Fsp3) is 0.0149. The molecule has 1 unspecified atom stereocenters. The van der Waals surface area contributed by atoms with Crippen LogP contribution in [0.4, 0.5) is 17.1 Å². The highest BCUT2D eigenvalue weighted by Gasteiger charge is 2.50. The zero-order chi connectivity index (χ0) is 45.5. The summed E-state index contributed by atoms with van der Waals surface area (Å²) < 4.78 is 2.52. The number of nitrogens with zero attached hydrogens (tertiary/aromatic N) is 2. The van der Waals surface area contributed by atoms with E-state index in [9.17, 15) is 0 Å². The van der Waals surface area contributed by atoms with Crippen molar-refractivity contribution in [3.05, 3.63) is 289 Å². The maximum absolute atomic E-state index is 2.52. The number of rotatable bonds is 7. The number of hydrogen-bond acceptors (Lipinski definition) is 1. The molecule has 0 amide bonds. The van der Waals surface area contributed by atoms with Gasteiger partial charge in [0, 0.05) is 27.6 Å². The molecule has 2 aliphatic rings. The minimum atomic E-state index is -0.536. The summed E-state index contributed by atoms with van der Waals surface area (Å²) in [6.45, 7) is 0. The van der Waals surface area contributed by atoms with E-state index in [2.05, 4.69) is 276 Å². The van der Waals surface area contributed by atoms with Crippen LogP contribution in [0.2, 0.25) is 0 Å². The molecule has 0 radical (unpaired) electrons. The first-order valence-electron chi connectivity index (χ1n) is 23.9. The second-order valence-corrected chi connectivity index (χ2v) is 18.3. The molecule has 2 heterocycles. The standard InChI is InChI=1S/C67H44N2/c1-3-21-45(22-4-1)50-27-7-8-29-52(50)55-31-11-16-38-63(55)68(62-37-15-10-28-51(62)46-23-5-2-6-24-46)49-26-19-25-47(43-49)48-41-42-54-53-30-9-13-34-58(53)67(61(54)44-48)59-35-14-18-40-65(59)69-64-39-17-12-32-56(64)57-33-20-36-60(67)66(57)69/h1-44H. The average Bonchev–Trinajstić information content (AvgIpc) is 3.92. The van der Waals surface area contributed by atoms with Crippen molar-refractivity contribution in [2.75, 3.05) is 4.90 Å². The van der Waals surface area contributed by atoms with Crippen LogP contribution in [0, 0.1) is 0 Å². The van der Waals surface area contributed by atoms with Crippen LogP contribution in [0.15, 0.2) is 267 Å². The topological polar surface area (TPSA) is 8.17 Å². The number of hydrogen-bond donors (Lipinski definition) is 0. The molecule has 0 saturated heterocycles. The monoisotopic (exact) mass is 876 g/mol. The van der Waals surface area contributed by atoms with E-state index < -0.39 is 5.41 Å². The van der Waals surface area contributed by atoms with Gasteiger partial charge >= 0.3 is 0 Å². The summed E-state index contributed by atoms with van der Waals surface area (Å²) >= 11 is 0. The lowest BCUT2D eigenvalue weighted by Gasteiger charge is -2.39. The van der Waals surface area contributed by atoms with Gasteiger partial charge < -0.3 is 9.47 Å². The van der Waals surface area contributed by atoms with Gasteiger partial charge in [-0.05, 0) is 109 Å². The van der Waals surface area contributed by atoms with Gasteiger partial charge in [0.2, 0.25) is 0 Å². The van der Waals surface area contributed by atoms with Crippen LogP contribution >= 0.6 is 0 Å². The van der Waals surface area contributed by atoms with Crippen molar-refractivity contribution < 1.29 is 0 Å². The van der Waals surface area contributed by atoms with Crippen LogP contribution in [-0.2, 0) is 5.41 Å². The molecular formula is C67H44N2. The molecule has 0 saturated carbocycles. The molecule has 11 aromatic carbocycles. The van der Waals surface area contributed by atoms with E-state index in [0.29, 0.717) is 0 Å². The van der Waals surface area contributed by atoms with Gasteiger partial charge in [0.15, 0.2) is 0 Å². The number of anilines is 3. The Balaban J connectivity index is 0.997. The van der Waals surface area contributed by atoms with E-state index in [1.54, 1.807) is 0 Å². The second kappa shape index (κ2) is 15.6. The molecule has 1 atom stereocenters. The zero-order valence-corrected chi connectivity index (χ0v) is 37.8. The Hall–Kier alpha value is -8.98. The van der Waals surface area contributed by atoms with Crippen molar-refractivity contribution in [1.82, 2.24) is 4.57 Å². The molecule has 0 N–H and O–H groups in total. The summed E-state index contributed by atoms with van der Waals surface area (Å²) in [7, 11) is 0. The van der Waals surface area contributed by atoms with Gasteiger partial charge in [-0.1, -0.05) is 224 Å². The molecule has 0 fully saturated rings. The number of benzene rings is 11. The highest BCUT2D eigenvalue weighted by molar-refractivity contribution is 6.13. The Morgan fingerprint density at radius 3 is 1.61 bits per heavy atom. The van der Waals surface area contributed by atoms with Crippen LogP contribution in [-0.4, -0.2) is 4.57 Å².